The normalized spacial score (nSPS) is 11.7. The van der Waals surface area contributed by atoms with E-state index in [2.05, 4.69) is 26.5 Å². The molecular weight excluding hydrogens is 216 g/mol. The second-order valence-electron chi connectivity index (χ2n) is 2.87. The highest BCUT2D eigenvalue weighted by Crippen LogP contribution is 2.11. The van der Waals surface area contributed by atoms with Gasteiger partial charge in [-0.3, -0.25) is 0 Å². The summed E-state index contributed by atoms with van der Waals surface area (Å²) in [5.74, 6) is -0.153. The predicted octanol–water partition coefficient (Wildman–Crippen LogP) is 0.313. The van der Waals surface area contributed by atoms with Crippen molar-refractivity contribution in [2.24, 2.45) is 0 Å². The van der Waals surface area contributed by atoms with Crippen molar-refractivity contribution < 1.29 is 8.42 Å². The SMILES string of the molecule is C=CCS(=O)(=O)c1nc2cncnc2[nH]1. The summed E-state index contributed by atoms with van der Waals surface area (Å²) in [7, 11) is -3.42. The van der Waals surface area contributed by atoms with E-state index < -0.39 is 9.84 Å². The van der Waals surface area contributed by atoms with E-state index in [1.807, 2.05) is 0 Å². The lowest BCUT2D eigenvalue weighted by molar-refractivity contribution is 0.592. The van der Waals surface area contributed by atoms with Crippen LogP contribution in [0.4, 0.5) is 0 Å². The lowest BCUT2D eigenvalue weighted by Crippen LogP contribution is -2.06. The molecule has 0 aliphatic carbocycles. The van der Waals surface area contributed by atoms with Gasteiger partial charge in [0.2, 0.25) is 15.0 Å². The molecule has 15 heavy (non-hydrogen) atoms. The highest BCUT2D eigenvalue weighted by atomic mass is 32.2. The van der Waals surface area contributed by atoms with Gasteiger partial charge >= 0.3 is 0 Å². The van der Waals surface area contributed by atoms with Crippen molar-refractivity contribution in [3.63, 3.8) is 0 Å². The Bertz CT molecular complexity index is 569. The minimum Gasteiger partial charge on any atom is -0.313 e. The number of H-pyrrole nitrogens is 1. The molecule has 0 atom stereocenters. The third-order valence-corrected chi connectivity index (χ3v) is 3.23. The van der Waals surface area contributed by atoms with E-state index in [9.17, 15) is 8.42 Å². The van der Waals surface area contributed by atoms with Gasteiger partial charge < -0.3 is 4.98 Å². The molecule has 0 aromatic carbocycles. The van der Waals surface area contributed by atoms with E-state index in [1.54, 1.807) is 0 Å². The molecule has 0 aliphatic heterocycles. The van der Waals surface area contributed by atoms with Gasteiger partial charge in [-0.15, -0.1) is 6.58 Å². The average molecular weight is 224 g/mol. The van der Waals surface area contributed by atoms with Crippen LogP contribution in [0, 0.1) is 0 Å². The van der Waals surface area contributed by atoms with Gasteiger partial charge in [0.1, 0.15) is 11.8 Å². The Morgan fingerprint density at radius 3 is 3.00 bits per heavy atom. The number of nitrogens with zero attached hydrogens (tertiary/aromatic N) is 3. The number of fused-ring (bicyclic) bond motifs is 1. The molecule has 0 saturated heterocycles. The Morgan fingerprint density at radius 1 is 1.53 bits per heavy atom. The first-order valence-electron chi connectivity index (χ1n) is 4.13. The molecule has 2 aromatic rings. The molecule has 0 spiro atoms. The van der Waals surface area contributed by atoms with Crippen molar-refractivity contribution in [3.05, 3.63) is 25.2 Å². The van der Waals surface area contributed by atoms with Crippen molar-refractivity contribution in [1.82, 2.24) is 19.9 Å². The fourth-order valence-corrected chi connectivity index (χ4v) is 2.08. The van der Waals surface area contributed by atoms with Gasteiger partial charge in [0.15, 0.2) is 5.65 Å². The topological polar surface area (TPSA) is 88.6 Å². The highest BCUT2D eigenvalue weighted by molar-refractivity contribution is 7.91. The van der Waals surface area contributed by atoms with Crippen LogP contribution in [0.2, 0.25) is 0 Å². The lowest BCUT2D eigenvalue weighted by Gasteiger charge is -1.93. The molecule has 2 aromatic heterocycles. The van der Waals surface area contributed by atoms with Gasteiger partial charge in [-0.05, 0) is 0 Å². The second-order valence-corrected chi connectivity index (χ2v) is 4.82. The van der Waals surface area contributed by atoms with Crippen molar-refractivity contribution in [3.8, 4) is 0 Å². The van der Waals surface area contributed by atoms with E-state index in [4.69, 9.17) is 0 Å². The third-order valence-electron chi connectivity index (χ3n) is 1.77. The number of nitrogens with one attached hydrogen (secondary N) is 1. The minimum atomic E-state index is -3.42. The van der Waals surface area contributed by atoms with Crippen LogP contribution in [0.15, 0.2) is 30.3 Å². The number of hydrogen-bond acceptors (Lipinski definition) is 5. The quantitative estimate of drug-likeness (QED) is 0.758. The molecule has 78 valence electrons. The van der Waals surface area contributed by atoms with E-state index in [0.717, 1.165) is 0 Å². The smallest absolute Gasteiger partial charge is 0.227 e. The molecule has 6 nitrogen and oxygen atoms in total. The first-order valence-corrected chi connectivity index (χ1v) is 5.78. The minimum absolute atomic E-state index is 0.0992. The van der Waals surface area contributed by atoms with Crippen LogP contribution >= 0.6 is 0 Å². The summed E-state index contributed by atoms with van der Waals surface area (Å²) >= 11 is 0. The summed E-state index contributed by atoms with van der Waals surface area (Å²) in [6.07, 6.45) is 4.09. The summed E-state index contributed by atoms with van der Waals surface area (Å²) in [6, 6.07) is 0. The number of rotatable bonds is 3. The molecular formula is C8H8N4O2S. The maximum atomic E-state index is 11.6. The molecule has 2 rings (SSSR count). The summed E-state index contributed by atoms with van der Waals surface area (Å²) in [5.41, 5.74) is 0.841. The van der Waals surface area contributed by atoms with Crippen LogP contribution in [-0.4, -0.2) is 34.1 Å². The molecule has 0 fully saturated rings. The van der Waals surface area contributed by atoms with Crippen LogP contribution in [-0.2, 0) is 9.84 Å². The van der Waals surface area contributed by atoms with Crippen molar-refractivity contribution >= 4 is 21.0 Å². The van der Waals surface area contributed by atoms with Crippen LogP contribution in [0.5, 0.6) is 0 Å². The van der Waals surface area contributed by atoms with Gasteiger partial charge in [-0.1, -0.05) is 6.08 Å². The number of sulfone groups is 1. The largest absolute Gasteiger partial charge is 0.313 e. The van der Waals surface area contributed by atoms with Crippen LogP contribution in [0.3, 0.4) is 0 Å². The molecule has 1 N–H and O–H groups in total. The molecule has 0 radical (unpaired) electrons. The number of imidazole rings is 1. The Hall–Kier alpha value is -1.76. The molecule has 0 saturated carbocycles. The van der Waals surface area contributed by atoms with Gasteiger partial charge in [0.25, 0.3) is 0 Å². The monoisotopic (exact) mass is 224 g/mol. The predicted molar refractivity (Wildman–Crippen MR) is 53.9 cm³/mol. The maximum absolute atomic E-state index is 11.6. The molecule has 0 unspecified atom stereocenters. The van der Waals surface area contributed by atoms with E-state index in [0.29, 0.717) is 11.2 Å². The number of aromatic nitrogens is 4. The van der Waals surface area contributed by atoms with Gasteiger partial charge in [0, 0.05) is 0 Å². The van der Waals surface area contributed by atoms with Gasteiger partial charge in [0.05, 0.1) is 11.9 Å². The number of hydrogen-bond donors (Lipinski definition) is 1. The van der Waals surface area contributed by atoms with E-state index in [-0.39, 0.29) is 10.9 Å². The first-order chi connectivity index (χ1) is 7.13. The Kier molecular flexibility index (Phi) is 2.24. The molecule has 2 heterocycles. The van der Waals surface area contributed by atoms with Crippen molar-refractivity contribution in [1.29, 1.82) is 0 Å². The van der Waals surface area contributed by atoms with Crippen molar-refractivity contribution in [2.45, 2.75) is 5.16 Å². The molecule has 0 amide bonds. The second kappa shape index (κ2) is 3.43. The summed E-state index contributed by atoms with van der Waals surface area (Å²) in [4.78, 5) is 14.1. The molecule has 0 bridgehead atoms. The van der Waals surface area contributed by atoms with Crippen LogP contribution in [0.1, 0.15) is 0 Å². The fourth-order valence-electron chi connectivity index (χ4n) is 1.12. The average Bonchev–Trinajstić information content (AvgIpc) is 2.61. The summed E-state index contributed by atoms with van der Waals surface area (Å²) in [6.45, 7) is 3.38. The van der Waals surface area contributed by atoms with Gasteiger partial charge in [-0.2, -0.15) is 0 Å². The Balaban J connectivity index is 2.58. The first kappa shape index (κ1) is 9.78. The van der Waals surface area contributed by atoms with E-state index >= 15 is 0 Å². The zero-order valence-corrected chi connectivity index (χ0v) is 8.53. The summed E-state index contributed by atoms with van der Waals surface area (Å²) < 4.78 is 23.2. The zero-order chi connectivity index (χ0) is 10.9. The summed E-state index contributed by atoms with van der Waals surface area (Å²) in [5, 5.41) is -0.0992. The fraction of sp³-hybridized carbons (Fsp3) is 0.125. The highest BCUT2D eigenvalue weighted by Gasteiger charge is 2.17. The Labute approximate surface area is 86.0 Å². The standard InChI is InChI=1S/C8H8N4O2S/c1-2-3-15(13,14)8-11-6-4-9-5-10-7(6)12-8/h2,4-5H,1,3H2,(H,9,10,11,12). The van der Waals surface area contributed by atoms with Crippen LogP contribution in [0.25, 0.3) is 11.2 Å². The Morgan fingerprint density at radius 2 is 2.33 bits per heavy atom. The lowest BCUT2D eigenvalue weighted by atomic mass is 10.6. The zero-order valence-electron chi connectivity index (χ0n) is 7.71. The maximum Gasteiger partial charge on any atom is 0.227 e. The van der Waals surface area contributed by atoms with Crippen LogP contribution < -0.4 is 0 Å². The van der Waals surface area contributed by atoms with Crippen molar-refractivity contribution in [2.75, 3.05) is 5.75 Å². The van der Waals surface area contributed by atoms with Gasteiger partial charge in [-0.25, -0.2) is 23.4 Å². The molecule has 0 aliphatic rings. The molecule has 7 heteroatoms. The third kappa shape index (κ3) is 1.73. The van der Waals surface area contributed by atoms with E-state index in [1.165, 1.54) is 18.6 Å². The number of aromatic amines is 1.